The predicted octanol–water partition coefficient (Wildman–Crippen LogP) is 2.58. The Bertz CT molecular complexity index is 555. The number of carbonyl (C=O) groups excluding carboxylic acids is 1. The zero-order valence-corrected chi connectivity index (χ0v) is 11.0. The molecule has 98 valence electrons. The van der Waals surface area contributed by atoms with Crippen molar-refractivity contribution in [3.63, 3.8) is 0 Å². The van der Waals surface area contributed by atoms with Crippen molar-refractivity contribution in [1.82, 2.24) is 10.3 Å². The molecule has 0 unspecified atom stereocenters. The number of pyridine rings is 1. The zero-order valence-electron chi connectivity index (χ0n) is 11.0. The Kier molecular flexibility index (Phi) is 4.13. The molecule has 2 rings (SSSR count). The number of aromatic nitrogens is 1. The Balaban J connectivity index is 2.13. The van der Waals surface area contributed by atoms with Crippen LogP contribution in [0.1, 0.15) is 28.9 Å². The van der Waals surface area contributed by atoms with Crippen molar-refractivity contribution in [2.75, 3.05) is 7.11 Å². The molecule has 1 heterocycles. The van der Waals surface area contributed by atoms with Gasteiger partial charge in [0.05, 0.1) is 18.7 Å². The lowest BCUT2D eigenvalue weighted by molar-refractivity contribution is 0.0937. The minimum absolute atomic E-state index is 0.0830. The average molecular weight is 256 g/mol. The second-order valence-electron chi connectivity index (χ2n) is 4.18. The average Bonchev–Trinajstić information content (AvgIpc) is 2.48. The summed E-state index contributed by atoms with van der Waals surface area (Å²) >= 11 is 0. The Morgan fingerprint density at radius 1 is 1.21 bits per heavy atom. The number of rotatable bonds is 4. The van der Waals surface area contributed by atoms with Gasteiger partial charge in [0, 0.05) is 12.4 Å². The van der Waals surface area contributed by atoms with Crippen LogP contribution < -0.4 is 10.1 Å². The monoisotopic (exact) mass is 256 g/mol. The summed E-state index contributed by atoms with van der Waals surface area (Å²) in [5.41, 5.74) is 1.55. The number of hydrogen-bond acceptors (Lipinski definition) is 3. The van der Waals surface area contributed by atoms with E-state index in [2.05, 4.69) is 10.3 Å². The molecule has 1 atom stereocenters. The van der Waals surface area contributed by atoms with Crippen LogP contribution in [0.15, 0.2) is 48.8 Å². The van der Waals surface area contributed by atoms with Crippen LogP contribution in [0.25, 0.3) is 0 Å². The fourth-order valence-corrected chi connectivity index (χ4v) is 1.84. The normalized spacial score (nSPS) is 11.7. The quantitative estimate of drug-likeness (QED) is 0.914. The van der Waals surface area contributed by atoms with E-state index in [4.69, 9.17) is 4.74 Å². The number of ether oxygens (including phenoxy) is 1. The van der Waals surface area contributed by atoms with E-state index in [-0.39, 0.29) is 11.9 Å². The Morgan fingerprint density at radius 2 is 1.89 bits per heavy atom. The van der Waals surface area contributed by atoms with Crippen molar-refractivity contribution in [1.29, 1.82) is 0 Å². The number of para-hydroxylation sites is 1. The highest BCUT2D eigenvalue weighted by molar-refractivity contribution is 5.97. The summed E-state index contributed by atoms with van der Waals surface area (Å²) in [5.74, 6) is 0.420. The van der Waals surface area contributed by atoms with Crippen molar-refractivity contribution in [3.05, 3.63) is 59.9 Å². The number of amides is 1. The molecule has 1 N–H and O–H groups in total. The van der Waals surface area contributed by atoms with Gasteiger partial charge in [-0.15, -0.1) is 0 Å². The molecule has 0 fully saturated rings. The van der Waals surface area contributed by atoms with E-state index in [0.717, 1.165) is 5.56 Å². The maximum absolute atomic E-state index is 12.2. The molecule has 1 aromatic heterocycles. The summed E-state index contributed by atoms with van der Waals surface area (Å²) in [6.07, 6.45) is 3.42. The number of carbonyl (C=O) groups is 1. The third-order valence-electron chi connectivity index (χ3n) is 2.91. The summed E-state index contributed by atoms with van der Waals surface area (Å²) in [4.78, 5) is 16.2. The molecule has 1 amide bonds. The SMILES string of the molecule is COc1ccccc1C(=O)N[C@H](C)c1ccncc1. The van der Waals surface area contributed by atoms with Crippen molar-refractivity contribution in [2.24, 2.45) is 0 Å². The van der Waals surface area contributed by atoms with E-state index in [0.29, 0.717) is 11.3 Å². The van der Waals surface area contributed by atoms with Gasteiger partial charge in [0.1, 0.15) is 5.75 Å². The second kappa shape index (κ2) is 6.00. The fraction of sp³-hybridized carbons (Fsp3) is 0.200. The largest absolute Gasteiger partial charge is 0.496 e. The van der Waals surface area contributed by atoms with Crippen molar-refractivity contribution in [2.45, 2.75) is 13.0 Å². The molecule has 4 heteroatoms. The highest BCUT2D eigenvalue weighted by atomic mass is 16.5. The van der Waals surface area contributed by atoms with Crippen LogP contribution in [0.2, 0.25) is 0 Å². The summed E-state index contributed by atoms with van der Waals surface area (Å²) in [7, 11) is 1.55. The van der Waals surface area contributed by atoms with Gasteiger partial charge in [-0.1, -0.05) is 12.1 Å². The Morgan fingerprint density at radius 3 is 2.58 bits per heavy atom. The van der Waals surface area contributed by atoms with Gasteiger partial charge in [0.15, 0.2) is 0 Å². The second-order valence-corrected chi connectivity index (χ2v) is 4.18. The molecule has 0 saturated heterocycles. The first kappa shape index (κ1) is 13.1. The van der Waals surface area contributed by atoms with Crippen molar-refractivity contribution < 1.29 is 9.53 Å². The summed E-state index contributed by atoms with van der Waals surface area (Å²) in [5, 5.41) is 2.94. The van der Waals surface area contributed by atoms with E-state index >= 15 is 0 Å². The van der Waals surface area contributed by atoms with Crippen LogP contribution in [0.3, 0.4) is 0 Å². The van der Waals surface area contributed by atoms with Crippen LogP contribution in [0.5, 0.6) is 5.75 Å². The molecule has 0 radical (unpaired) electrons. The third-order valence-corrected chi connectivity index (χ3v) is 2.91. The maximum Gasteiger partial charge on any atom is 0.255 e. The van der Waals surface area contributed by atoms with Crippen LogP contribution in [-0.4, -0.2) is 18.0 Å². The number of methoxy groups -OCH3 is 1. The molecule has 0 aliphatic heterocycles. The molecular formula is C15H16N2O2. The van der Waals surface area contributed by atoms with Crippen LogP contribution in [0.4, 0.5) is 0 Å². The lowest BCUT2D eigenvalue weighted by Crippen LogP contribution is -2.27. The van der Waals surface area contributed by atoms with Gasteiger partial charge in [0.2, 0.25) is 0 Å². The molecule has 0 aliphatic carbocycles. The molecular weight excluding hydrogens is 240 g/mol. The minimum atomic E-state index is -0.151. The molecule has 19 heavy (non-hydrogen) atoms. The zero-order chi connectivity index (χ0) is 13.7. The minimum Gasteiger partial charge on any atom is -0.496 e. The molecule has 2 aromatic rings. The molecule has 4 nitrogen and oxygen atoms in total. The predicted molar refractivity (Wildman–Crippen MR) is 73.1 cm³/mol. The first-order valence-corrected chi connectivity index (χ1v) is 6.06. The van der Waals surface area contributed by atoms with Crippen LogP contribution >= 0.6 is 0 Å². The standard InChI is InChI=1S/C15H16N2O2/c1-11(12-7-9-16-10-8-12)17-15(18)13-5-3-4-6-14(13)19-2/h3-11H,1-2H3,(H,17,18)/t11-/m1/s1. The highest BCUT2D eigenvalue weighted by Gasteiger charge is 2.14. The molecule has 0 spiro atoms. The van der Waals surface area contributed by atoms with Gasteiger partial charge in [0.25, 0.3) is 5.91 Å². The number of nitrogens with one attached hydrogen (secondary N) is 1. The fourth-order valence-electron chi connectivity index (χ4n) is 1.84. The van der Waals surface area contributed by atoms with Crippen molar-refractivity contribution in [3.8, 4) is 5.75 Å². The van der Waals surface area contributed by atoms with Gasteiger partial charge >= 0.3 is 0 Å². The first-order valence-electron chi connectivity index (χ1n) is 6.06. The van der Waals surface area contributed by atoms with Crippen LogP contribution in [0, 0.1) is 0 Å². The number of nitrogens with zero attached hydrogens (tertiary/aromatic N) is 1. The molecule has 0 saturated carbocycles. The lowest BCUT2D eigenvalue weighted by atomic mass is 10.1. The van der Waals surface area contributed by atoms with Gasteiger partial charge in [-0.05, 0) is 36.8 Å². The number of hydrogen-bond donors (Lipinski definition) is 1. The molecule has 1 aromatic carbocycles. The van der Waals surface area contributed by atoms with Crippen molar-refractivity contribution >= 4 is 5.91 Å². The van der Waals surface area contributed by atoms with E-state index in [1.165, 1.54) is 0 Å². The summed E-state index contributed by atoms with van der Waals surface area (Å²) < 4.78 is 5.18. The van der Waals surface area contributed by atoms with Gasteiger partial charge in [-0.2, -0.15) is 0 Å². The summed E-state index contributed by atoms with van der Waals surface area (Å²) in [6.45, 7) is 1.93. The highest BCUT2D eigenvalue weighted by Crippen LogP contribution is 2.19. The third kappa shape index (κ3) is 3.10. The van der Waals surface area contributed by atoms with E-state index in [1.54, 1.807) is 31.6 Å². The van der Waals surface area contributed by atoms with Gasteiger partial charge in [-0.25, -0.2) is 0 Å². The van der Waals surface area contributed by atoms with E-state index < -0.39 is 0 Å². The van der Waals surface area contributed by atoms with E-state index in [9.17, 15) is 4.79 Å². The molecule has 0 aliphatic rings. The topological polar surface area (TPSA) is 51.2 Å². The van der Waals surface area contributed by atoms with E-state index in [1.807, 2.05) is 31.2 Å². The number of benzene rings is 1. The Hall–Kier alpha value is -2.36. The van der Waals surface area contributed by atoms with Gasteiger partial charge in [-0.3, -0.25) is 9.78 Å². The lowest BCUT2D eigenvalue weighted by Gasteiger charge is -2.15. The molecule has 0 bridgehead atoms. The van der Waals surface area contributed by atoms with Gasteiger partial charge < -0.3 is 10.1 Å². The van der Waals surface area contributed by atoms with Crippen LogP contribution in [-0.2, 0) is 0 Å². The maximum atomic E-state index is 12.2. The smallest absolute Gasteiger partial charge is 0.255 e. The Labute approximate surface area is 112 Å². The first-order chi connectivity index (χ1) is 9.22. The summed E-state index contributed by atoms with van der Waals surface area (Å²) in [6, 6.07) is 10.8.